The number of benzene rings is 2. The fourth-order valence-electron chi connectivity index (χ4n) is 1.86. The Labute approximate surface area is 141 Å². The first-order valence-corrected chi connectivity index (χ1v) is 7.17. The Bertz CT molecular complexity index is 735. The van der Waals surface area contributed by atoms with Crippen LogP contribution < -0.4 is 10.1 Å². The molecule has 0 aliphatic heterocycles. The molecule has 1 N–H and O–H groups in total. The van der Waals surface area contributed by atoms with Crippen molar-refractivity contribution in [2.24, 2.45) is 0 Å². The van der Waals surface area contributed by atoms with E-state index in [1.165, 1.54) is 42.5 Å². The average Bonchev–Trinajstić information content (AvgIpc) is 2.59. The Morgan fingerprint density at radius 3 is 2.48 bits per heavy atom. The number of hydrogen-bond donors (Lipinski definition) is 1. The number of carbonyl (C=O) groups is 2. The molecule has 0 spiro atoms. The molecule has 8 heteroatoms. The van der Waals surface area contributed by atoms with E-state index in [2.05, 4.69) is 10.1 Å². The number of halogens is 3. The van der Waals surface area contributed by atoms with Gasteiger partial charge in [0.25, 0.3) is 5.91 Å². The molecule has 0 fully saturated rings. The van der Waals surface area contributed by atoms with E-state index in [1.54, 1.807) is 0 Å². The van der Waals surface area contributed by atoms with Gasteiger partial charge in [0.15, 0.2) is 0 Å². The Balaban J connectivity index is 1.80. The van der Waals surface area contributed by atoms with Gasteiger partial charge in [0.1, 0.15) is 24.7 Å². The van der Waals surface area contributed by atoms with Gasteiger partial charge in [-0.25, -0.2) is 4.39 Å². The molecule has 5 nitrogen and oxygen atoms in total. The van der Waals surface area contributed by atoms with Crippen molar-refractivity contribution in [2.75, 3.05) is 6.54 Å². The van der Waals surface area contributed by atoms with E-state index in [9.17, 15) is 22.8 Å². The van der Waals surface area contributed by atoms with E-state index in [1.807, 2.05) is 0 Å². The van der Waals surface area contributed by atoms with E-state index in [-0.39, 0.29) is 17.9 Å². The summed E-state index contributed by atoms with van der Waals surface area (Å²) in [6, 6.07) is 10.6. The first kappa shape index (κ1) is 18.3. The van der Waals surface area contributed by atoms with Gasteiger partial charge >= 0.3 is 12.6 Å². The zero-order chi connectivity index (χ0) is 18.2. The minimum absolute atomic E-state index is 0.0597. The molecule has 0 aliphatic carbocycles. The quantitative estimate of drug-likeness (QED) is 0.778. The van der Waals surface area contributed by atoms with E-state index in [0.717, 1.165) is 6.07 Å². The van der Waals surface area contributed by atoms with Gasteiger partial charge in [-0.3, -0.25) is 9.59 Å². The summed E-state index contributed by atoms with van der Waals surface area (Å²) in [5, 5.41) is 2.31. The molecule has 0 aromatic heterocycles. The van der Waals surface area contributed by atoms with Crippen LogP contribution in [0, 0.1) is 5.82 Å². The zero-order valence-electron chi connectivity index (χ0n) is 12.9. The summed E-state index contributed by atoms with van der Waals surface area (Å²) < 4.78 is 46.2. The van der Waals surface area contributed by atoms with Crippen LogP contribution in [0.5, 0.6) is 5.75 Å². The van der Waals surface area contributed by atoms with Gasteiger partial charge in [-0.1, -0.05) is 18.2 Å². The third-order valence-corrected chi connectivity index (χ3v) is 3.03. The fraction of sp³-hybridized carbons (Fsp3) is 0.176. The van der Waals surface area contributed by atoms with Gasteiger partial charge in [0.2, 0.25) is 0 Å². The van der Waals surface area contributed by atoms with Crippen LogP contribution in [0.4, 0.5) is 13.2 Å². The smallest absolute Gasteiger partial charge is 0.387 e. The SMILES string of the molecule is O=C(CNC(=O)c1cccc(OC(F)F)c1)OCc1ccc(F)cc1. The number of alkyl halides is 2. The highest BCUT2D eigenvalue weighted by Crippen LogP contribution is 2.15. The van der Waals surface area contributed by atoms with Crippen LogP contribution in [0.2, 0.25) is 0 Å². The Hall–Kier alpha value is -3.03. The molecule has 1 amide bonds. The molecule has 0 atom stereocenters. The molecule has 2 aromatic carbocycles. The first-order chi connectivity index (χ1) is 11.9. The standard InChI is InChI=1S/C17H14F3NO4/c18-13-6-4-11(5-7-13)10-24-15(22)9-21-16(23)12-2-1-3-14(8-12)25-17(19)20/h1-8,17H,9-10H2,(H,21,23). The van der Waals surface area contributed by atoms with Gasteiger partial charge in [-0.15, -0.1) is 0 Å². The number of hydrogen-bond acceptors (Lipinski definition) is 4. The molecule has 0 saturated carbocycles. The molecule has 0 bridgehead atoms. The Morgan fingerprint density at radius 1 is 1.08 bits per heavy atom. The lowest BCUT2D eigenvalue weighted by Gasteiger charge is -2.08. The summed E-state index contributed by atoms with van der Waals surface area (Å²) >= 11 is 0. The highest BCUT2D eigenvalue weighted by molar-refractivity contribution is 5.96. The van der Waals surface area contributed by atoms with Crippen LogP contribution in [0.1, 0.15) is 15.9 Å². The van der Waals surface area contributed by atoms with Gasteiger partial charge in [0, 0.05) is 5.56 Å². The number of esters is 1. The maximum Gasteiger partial charge on any atom is 0.387 e. The molecule has 132 valence electrons. The minimum Gasteiger partial charge on any atom is -0.460 e. The van der Waals surface area contributed by atoms with Crippen molar-refractivity contribution in [2.45, 2.75) is 13.2 Å². The molecule has 2 rings (SSSR count). The van der Waals surface area contributed by atoms with Gasteiger partial charge < -0.3 is 14.8 Å². The highest BCUT2D eigenvalue weighted by Gasteiger charge is 2.11. The van der Waals surface area contributed by atoms with Crippen molar-refractivity contribution < 1.29 is 32.2 Å². The van der Waals surface area contributed by atoms with Crippen LogP contribution in [0.3, 0.4) is 0 Å². The average molecular weight is 353 g/mol. The lowest BCUT2D eigenvalue weighted by molar-refractivity contribution is -0.143. The van der Waals surface area contributed by atoms with E-state index >= 15 is 0 Å². The van der Waals surface area contributed by atoms with Gasteiger partial charge in [-0.2, -0.15) is 8.78 Å². The van der Waals surface area contributed by atoms with Crippen LogP contribution in [0.15, 0.2) is 48.5 Å². The van der Waals surface area contributed by atoms with Crippen molar-refractivity contribution >= 4 is 11.9 Å². The molecule has 0 heterocycles. The molecule has 0 unspecified atom stereocenters. The maximum absolute atomic E-state index is 12.7. The highest BCUT2D eigenvalue weighted by atomic mass is 19.3. The third-order valence-electron chi connectivity index (χ3n) is 3.03. The predicted octanol–water partition coefficient (Wildman–Crippen LogP) is 2.90. The van der Waals surface area contributed by atoms with Crippen molar-refractivity contribution in [3.63, 3.8) is 0 Å². The minimum atomic E-state index is -3.00. The van der Waals surface area contributed by atoms with Gasteiger partial charge in [0.05, 0.1) is 0 Å². The lowest BCUT2D eigenvalue weighted by atomic mass is 10.2. The molecule has 0 aliphatic rings. The number of amides is 1. The summed E-state index contributed by atoms with van der Waals surface area (Å²) in [5.41, 5.74) is 0.655. The molecular weight excluding hydrogens is 339 g/mol. The fourth-order valence-corrected chi connectivity index (χ4v) is 1.86. The summed E-state index contributed by atoms with van der Waals surface area (Å²) in [6.07, 6.45) is 0. The summed E-state index contributed by atoms with van der Waals surface area (Å²) in [5.74, 6) is -1.90. The Kier molecular flexibility index (Phi) is 6.39. The van der Waals surface area contributed by atoms with Crippen molar-refractivity contribution in [1.29, 1.82) is 0 Å². The Morgan fingerprint density at radius 2 is 1.80 bits per heavy atom. The summed E-state index contributed by atoms with van der Waals surface area (Å²) in [4.78, 5) is 23.5. The predicted molar refractivity (Wildman–Crippen MR) is 81.6 cm³/mol. The monoisotopic (exact) mass is 353 g/mol. The number of ether oxygens (including phenoxy) is 2. The maximum atomic E-state index is 12.7. The second-order valence-electron chi connectivity index (χ2n) is 4.88. The number of carbonyl (C=O) groups excluding carboxylic acids is 2. The van der Waals surface area contributed by atoms with Crippen molar-refractivity contribution in [3.05, 3.63) is 65.5 Å². The summed E-state index contributed by atoms with van der Waals surface area (Å²) in [6.45, 7) is -3.47. The van der Waals surface area contributed by atoms with E-state index < -0.39 is 30.8 Å². The van der Waals surface area contributed by atoms with Crippen molar-refractivity contribution in [3.8, 4) is 5.75 Å². The first-order valence-electron chi connectivity index (χ1n) is 7.17. The zero-order valence-corrected chi connectivity index (χ0v) is 12.9. The second kappa shape index (κ2) is 8.72. The van der Waals surface area contributed by atoms with Crippen LogP contribution in [-0.2, 0) is 16.1 Å². The number of rotatable bonds is 7. The van der Waals surface area contributed by atoms with Crippen LogP contribution in [0.25, 0.3) is 0 Å². The molecule has 25 heavy (non-hydrogen) atoms. The summed E-state index contributed by atoms with van der Waals surface area (Å²) in [7, 11) is 0. The largest absolute Gasteiger partial charge is 0.460 e. The van der Waals surface area contributed by atoms with E-state index in [0.29, 0.717) is 5.56 Å². The molecular formula is C17H14F3NO4. The topological polar surface area (TPSA) is 64.6 Å². The van der Waals surface area contributed by atoms with E-state index in [4.69, 9.17) is 4.74 Å². The second-order valence-corrected chi connectivity index (χ2v) is 4.88. The van der Waals surface area contributed by atoms with Crippen LogP contribution >= 0.6 is 0 Å². The number of nitrogens with one attached hydrogen (secondary N) is 1. The third kappa shape index (κ3) is 6.17. The van der Waals surface area contributed by atoms with Crippen molar-refractivity contribution in [1.82, 2.24) is 5.32 Å². The molecule has 2 aromatic rings. The molecule has 0 radical (unpaired) electrons. The molecule has 0 saturated heterocycles. The normalized spacial score (nSPS) is 10.4. The van der Waals surface area contributed by atoms with Gasteiger partial charge in [-0.05, 0) is 35.9 Å². The van der Waals surface area contributed by atoms with Crippen LogP contribution in [-0.4, -0.2) is 25.0 Å². The lowest BCUT2D eigenvalue weighted by Crippen LogP contribution is -2.30.